The number of morpholine rings is 1. The fourth-order valence-electron chi connectivity index (χ4n) is 2.60. The molecule has 3 rings (SSSR count). The van der Waals surface area contributed by atoms with Gasteiger partial charge in [0, 0.05) is 37.9 Å². The third kappa shape index (κ3) is 3.86. The van der Waals surface area contributed by atoms with Crippen LogP contribution in [-0.2, 0) is 11.2 Å². The van der Waals surface area contributed by atoms with E-state index in [0.29, 0.717) is 6.61 Å². The summed E-state index contributed by atoms with van der Waals surface area (Å²) < 4.78 is 18.8. The predicted octanol–water partition coefficient (Wildman–Crippen LogP) is 2.84. The zero-order valence-corrected chi connectivity index (χ0v) is 11.9. The summed E-state index contributed by atoms with van der Waals surface area (Å²) in [6.07, 6.45) is 2.80. The van der Waals surface area contributed by atoms with E-state index in [1.807, 2.05) is 30.5 Å². The van der Waals surface area contributed by atoms with Gasteiger partial charge in [0.05, 0.1) is 12.7 Å². The largest absolute Gasteiger partial charge is 0.371 e. The normalized spacial score (nSPS) is 19.6. The molecule has 1 fully saturated rings. The zero-order chi connectivity index (χ0) is 14.5. The van der Waals surface area contributed by atoms with E-state index in [1.54, 1.807) is 0 Å². The Morgan fingerprint density at radius 2 is 2.05 bits per heavy atom. The molecule has 1 saturated heterocycles. The molecule has 1 aliphatic heterocycles. The van der Waals surface area contributed by atoms with Crippen LogP contribution in [0.25, 0.3) is 0 Å². The lowest BCUT2D eigenvalue weighted by Gasteiger charge is -2.33. The van der Waals surface area contributed by atoms with E-state index in [1.165, 1.54) is 12.1 Å². The molecule has 0 spiro atoms. The number of aromatic nitrogens is 1. The number of benzene rings is 1. The molecule has 0 bridgehead atoms. The van der Waals surface area contributed by atoms with Crippen molar-refractivity contribution in [3.8, 4) is 0 Å². The quantitative estimate of drug-likeness (QED) is 0.864. The Morgan fingerprint density at radius 3 is 2.81 bits per heavy atom. The molecule has 1 aromatic carbocycles. The van der Waals surface area contributed by atoms with Crippen LogP contribution in [0.15, 0.2) is 48.7 Å². The standard InChI is InChI=1S/C17H19FN2O/c18-15-6-4-14(5-7-15)17-13-20(11-12-21-17)10-8-16-3-1-2-9-19-16/h1-7,9,17H,8,10-13H2/t17-/m1/s1. The van der Waals surface area contributed by atoms with Crippen molar-refractivity contribution in [1.29, 1.82) is 0 Å². The van der Waals surface area contributed by atoms with Crippen LogP contribution in [0.4, 0.5) is 4.39 Å². The highest BCUT2D eigenvalue weighted by Gasteiger charge is 2.21. The van der Waals surface area contributed by atoms with Gasteiger partial charge in [-0.3, -0.25) is 9.88 Å². The molecule has 3 nitrogen and oxygen atoms in total. The average molecular weight is 286 g/mol. The molecule has 0 radical (unpaired) electrons. The van der Waals surface area contributed by atoms with Gasteiger partial charge in [0.2, 0.25) is 0 Å². The summed E-state index contributed by atoms with van der Waals surface area (Å²) in [5, 5.41) is 0. The van der Waals surface area contributed by atoms with Gasteiger partial charge in [-0.15, -0.1) is 0 Å². The summed E-state index contributed by atoms with van der Waals surface area (Å²) in [6.45, 7) is 3.46. The van der Waals surface area contributed by atoms with E-state index >= 15 is 0 Å². The highest BCUT2D eigenvalue weighted by molar-refractivity contribution is 5.19. The summed E-state index contributed by atoms with van der Waals surface area (Å²) in [7, 11) is 0. The van der Waals surface area contributed by atoms with E-state index in [4.69, 9.17) is 4.74 Å². The molecule has 2 heterocycles. The lowest BCUT2D eigenvalue weighted by molar-refractivity contribution is -0.0296. The molecule has 110 valence electrons. The Hall–Kier alpha value is -1.78. The van der Waals surface area contributed by atoms with Crippen LogP contribution in [-0.4, -0.2) is 36.1 Å². The van der Waals surface area contributed by atoms with Crippen LogP contribution in [0, 0.1) is 5.82 Å². The SMILES string of the molecule is Fc1ccc([C@H]2CN(CCc3ccccn3)CCO2)cc1. The number of pyridine rings is 1. The Kier molecular flexibility index (Phi) is 4.58. The molecule has 21 heavy (non-hydrogen) atoms. The van der Waals surface area contributed by atoms with Crippen LogP contribution in [0.2, 0.25) is 0 Å². The first-order chi connectivity index (χ1) is 10.3. The van der Waals surface area contributed by atoms with Crippen molar-refractivity contribution in [2.75, 3.05) is 26.2 Å². The van der Waals surface area contributed by atoms with Crippen molar-refractivity contribution in [1.82, 2.24) is 9.88 Å². The summed E-state index contributed by atoms with van der Waals surface area (Å²) >= 11 is 0. The van der Waals surface area contributed by atoms with Crippen molar-refractivity contribution in [2.24, 2.45) is 0 Å². The van der Waals surface area contributed by atoms with Crippen LogP contribution in [0.3, 0.4) is 0 Å². The van der Waals surface area contributed by atoms with Gasteiger partial charge in [-0.1, -0.05) is 18.2 Å². The van der Waals surface area contributed by atoms with Crippen LogP contribution in [0.1, 0.15) is 17.4 Å². The first-order valence-electron chi connectivity index (χ1n) is 7.30. The number of ether oxygens (including phenoxy) is 1. The minimum atomic E-state index is -0.207. The summed E-state index contributed by atoms with van der Waals surface area (Å²) in [5.41, 5.74) is 2.15. The van der Waals surface area contributed by atoms with Crippen LogP contribution >= 0.6 is 0 Å². The number of halogens is 1. The number of hydrogen-bond acceptors (Lipinski definition) is 3. The van der Waals surface area contributed by atoms with Crippen molar-refractivity contribution in [3.63, 3.8) is 0 Å². The molecular weight excluding hydrogens is 267 g/mol. The molecule has 1 atom stereocenters. The molecule has 0 amide bonds. The van der Waals surface area contributed by atoms with Gasteiger partial charge in [0.15, 0.2) is 0 Å². The second-order valence-electron chi connectivity index (χ2n) is 5.28. The maximum absolute atomic E-state index is 13.0. The number of nitrogens with zero attached hydrogens (tertiary/aromatic N) is 2. The minimum absolute atomic E-state index is 0.0306. The van der Waals surface area contributed by atoms with E-state index in [0.717, 1.165) is 37.3 Å². The maximum Gasteiger partial charge on any atom is 0.123 e. The molecule has 0 saturated carbocycles. The van der Waals surface area contributed by atoms with E-state index in [9.17, 15) is 4.39 Å². The van der Waals surface area contributed by atoms with E-state index in [2.05, 4.69) is 16.0 Å². The molecule has 0 unspecified atom stereocenters. The Morgan fingerprint density at radius 1 is 1.19 bits per heavy atom. The van der Waals surface area contributed by atoms with Crippen molar-refractivity contribution >= 4 is 0 Å². The highest BCUT2D eigenvalue weighted by Crippen LogP contribution is 2.22. The molecule has 1 aliphatic rings. The number of hydrogen-bond donors (Lipinski definition) is 0. The van der Waals surface area contributed by atoms with Gasteiger partial charge in [-0.05, 0) is 29.8 Å². The summed E-state index contributed by atoms with van der Waals surface area (Å²) in [5.74, 6) is -0.207. The first-order valence-corrected chi connectivity index (χ1v) is 7.30. The first kappa shape index (κ1) is 14.2. The molecule has 1 aromatic heterocycles. The monoisotopic (exact) mass is 286 g/mol. The smallest absolute Gasteiger partial charge is 0.123 e. The molecule has 0 N–H and O–H groups in total. The Labute approximate surface area is 124 Å². The highest BCUT2D eigenvalue weighted by atomic mass is 19.1. The van der Waals surface area contributed by atoms with Crippen molar-refractivity contribution in [2.45, 2.75) is 12.5 Å². The van der Waals surface area contributed by atoms with E-state index < -0.39 is 0 Å². The molecule has 0 aliphatic carbocycles. The summed E-state index contributed by atoms with van der Waals surface area (Å²) in [4.78, 5) is 6.73. The third-order valence-corrected chi connectivity index (χ3v) is 3.80. The lowest BCUT2D eigenvalue weighted by Crippen LogP contribution is -2.39. The fraction of sp³-hybridized carbons (Fsp3) is 0.353. The Bertz CT molecular complexity index is 559. The second kappa shape index (κ2) is 6.78. The summed E-state index contributed by atoms with van der Waals surface area (Å²) in [6, 6.07) is 12.6. The second-order valence-corrected chi connectivity index (χ2v) is 5.28. The van der Waals surface area contributed by atoms with Gasteiger partial charge in [-0.25, -0.2) is 4.39 Å². The molecular formula is C17H19FN2O. The average Bonchev–Trinajstić information content (AvgIpc) is 2.55. The van der Waals surface area contributed by atoms with Gasteiger partial charge in [-0.2, -0.15) is 0 Å². The van der Waals surface area contributed by atoms with E-state index in [-0.39, 0.29) is 11.9 Å². The van der Waals surface area contributed by atoms with Crippen LogP contribution in [0.5, 0.6) is 0 Å². The topological polar surface area (TPSA) is 25.4 Å². The third-order valence-electron chi connectivity index (χ3n) is 3.80. The van der Waals surface area contributed by atoms with Gasteiger partial charge >= 0.3 is 0 Å². The van der Waals surface area contributed by atoms with Gasteiger partial charge in [0.25, 0.3) is 0 Å². The zero-order valence-electron chi connectivity index (χ0n) is 11.9. The minimum Gasteiger partial charge on any atom is -0.371 e. The molecule has 2 aromatic rings. The van der Waals surface area contributed by atoms with Gasteiger partial charge < -0.3 is 4.74 Å². The van der Waals surface area contributed by atoms with Crippen molar-refractivity contribution in [3.05, 3.63) is 65.7 Å². The lowest BCUT2D eigenvalue weighted by atomic mass is 10.1. The number of rotatable bonds is 4. The Balaban J connectivity index is 1.57. The van der Waals surface area contributed by atoms with Crippen LogP contribution < -0.4 is 0 Å². The predicted molar refractivity (Wildman–Crippen MR) is 79.5 cm³/mol. The fourth-order valence-corrected chi connectivity index (χ4v) is 2.60. The maximum atomic E-state index is 13.0. The molecule has 4 heteroatoms. The van der Waals surface area contributed by atoms with Crippen molar-refractivity contribution < 1.29 is 9.13 Å². The van der Waals surface area contributed by atoms with Gasteiger partial charge in [0.1, 0.15) is 5.82 Å².